The van der Waals surface area contributed by atoms with Gasteiger partial charge in [0.1, 0.15) is 6.04 Å². The summed E-state index contributed by atoms with van der Waals surface area (Å²) in [5.41, 5.74) is 2.87. The van der Waals surface area contributed by atoms with Crippen LogP contribution in [-0.2, 0) is 11.2 Å². The molecule has 25 heavy (non-hydrogen) atoms. The van der Waals surface area contributed by atoms with Crippen molar-refractivity contribution >= 4 is 17.6 Å². The van der Waals surface area contributed by atoms with Crippen LogP contribution in [-0.4, -0.2) is 24.5 Å². The lowest BCUT2D eigenvalue weighted by molar-refractivity contribution is -0.120. The van der Waals surface area contributed by atoms with Gasteiger partial charge in [0.15, 0.2) is 0 Å². The number of anilines is 1. The maximum absolute atomic E-state index is 13.2. The molecule has 0 saturated heterocycles. The Morgan fingerprint density at radius 3 is 2.36 bits per heavy atom. The summed E-state index contributed by atoms with van der Waals surface area (Å²) in [6.07, 6.45) is 0.835. The van der Waals surface area contributed by atoms with E-state index in [-0.39, 0.29) is 18.0 Å². The monoisotopic (exact) mass is 337 g/mol. The van der Waals surface area contributed by atoms with Gasteiger partial charge in [-0.3, -0.25) is 4.79 Å². The third-order valence-electron chi connectivity index (χ3n) is 4.23. The maximum atomic E-state index is 13.2. The maximum Gasteiger partial charge on any atom is 0.315 e. The third kappa shape index (κ3) is 3.82. The first-order valence-electron chi connectivity index (χ1n) is 8.57. The molecule has 5 nitrogen and oxygen atoms in total. The largest absolute Gasteiger partial charge is 0.336 e. The zero-order valence-electron chi connectivity index (χ0n) is 14.5. The van der Waals surface area contributed by atoms with Crippen molar-refractivity contribution in [1.82, 2.24) is 10.6 Å². The minimum atomic E-state index is -0.717. The highest BCUT2D eigenvalue weighted by molar-refractivity contribution is 6.01. The number of urea groups is 1. The van der Waals surface area contributed by atoms with E-state index in [0.717, 1.165) is 23.2 Å². The highest BCUT2D eigenvalue weighted by Crippen LogP contribution is 2.30. The van der Waals surface area contributed by atoms with Crippen molar-refractivity contribution in [2.45, 2.75) is 32.4 Å². The van der Waals surface area contributed by atoms with Crippen LogP contribution in [0.5, 0.6) is 0 Å². The Labute approximate surface area is 148 Å². The number of carbonyl (C=O) groups excluding carboxylic acids is 2. The Kier molecular flexibility index (Phi) is 5.03. The van der Waals surface area contributed by atoms with E-state index >= 15 is 0 Å². The van der Waals surface area contributed by atoms with Gasteiger partial charge in [-0.1, -0.05) is 48.5 Å². The first-order valence-corrected chi connectivity index (χ1v) is 8.57. The molecule has 2 aromatic carbocycles. The summed E-state index contributed by atoms with van der Waals surface area (Å²) in [5.74, 6) is -0.116. The zero-order chi connectivity index (χ0) is 17.8. The molecule has 130 valence electrons. The van der Waals surface area contributed by atoms with Crippen molar-refractivity contribution in [2.24, 2.45) is 0 Å². The van der Waals surface area contributed by atoms with Gasteiger partial charge in [-0.15, -0.1) is 0 Å². The number of amides is 3. The van der Waals surface area contributed by atoms with Crippen LogP contribution >= 0.6 is 0 Å². The highest BCUT2D eigenvalue weighted by Gasteiger charge is 2.32. The van der Waals surface area contributed by atoms with Gasteiger partial charge in [-0.2, -0.15) is 0 Å². The summed E-state index contributed by atoms with van der Waals surface area (Å²) in [7, 11) is 0. The third-order valence-corrected chi connectivity index (χ3v) is 4.23. The Bertz CT molecular complexity index is 759. The molecule has 0 fully saturated rings. The summed E-state index contributed by atoms with van der Waals surface area (Å²) in [6.45, 7) is 4.40. The van der Waals surface area contributed by atoms with Crippen molar-refractivity contribution in [3.8, 4) is 0 Å². The molecule has 1 aliphatic rings. The van der Waals surface area contributed by atoms with E-state index in [0.29, 0.717) is 6.54 Å². The summed E-state index contributed by atoms with van der Waals surface area (Å²) >= 11 is 0. The molecule has 0 saturated carbocycles. The number of rotatable bonds is 4. The molecule has 0 aromatic heterocycles. The first kappa shape index (κ1) is 17.0. The van der Waals surface area contributed by atoms with Gasteiger partial charge in [0.05, 0.1) is 0 Å². The fourth-order valence-corrected chi connectivity index (χ4v) is 3.09. The van der Waals surface area contributed by atoms with Gasteiger partial charge in [0.25, 0.3) is 5.91 Å². The predicted octanol–water partition coefficient (Wildman–Crippen LogP) is 3.02. The molecule has 5 heteroatoms. The number of para-hydroxylation sites is 1. The van der Waals surface area contributed by atoms with E-state index in [1.165, 1.54) is 0 Å². The van der Waals surface area contributed by atoms with Crippen LogP contribution in [0.3, 0.4) is 0 Å². The fraction of sp³-hybridized carbons (Fsp3) is 0.300. The van der Waals surface area contributed by atoms with Gasteiger partial charge >= 0.3 is 6.03 Å². The number of nitrogens with zero attached hydrogens (tertiary/aromatic N) is 1. The smallest absolute Gasteiger partial charge is 0.315 e. The molecule has 0 spiro atoms. The number of carbonyl (C=O) groups is 2. The average Bonchev–Trinajstić information content (AvgIpc) is 3.03. The minimum Gasteiger partial charge on any atom is -0.336 e. The fourth-order valence-electron chi connectivity index (χ4n) is 3.09. The Morgan fingerprint density at radius 1 is 0.960 bits per heavy atom. The molecule has 1 unspecified atom stereocenters. The summed E-state index contributed by atoms with van der Waals surface area (Å²) in [4.78, 5) is 27.2. The van der Waals surface area contributed by atoms with Crippen LogP contribution < -0.4 is 15.5 Å². The molecular formula is C20H23N3O2. The molecule has 3 amide bonds. The topological polar surface area (TPSA) is 61.4 Å². The van der Waals surface area contributed by atoms with Gasteiger partial charge in [-0.25, -0.2) is 4.79 Å². The molecule has 0 radical (unpaired) electrons. The van der Waals surface area contributed by atoms with Crippen molar-refractivity contribution in [1.29, 1.82) is 0 Å². The number of hydrogen-bond acceptors (Lipinski definition) is 2. The van der Waals surface area contributed by atoms with Crippen molar-refractivity contribution in [3.05, 3.63) is 65.7 Å². The van der Waals surface area contributed by atoms with Crippen LogP contribution in [0.15, 0.2) is 54.6 Å². The van der Waals surface area contributed by atoms with E-state index in [1.807, 2.05) is 68.4 Å². The number of nitrogens with one attached hydrogen (secondary N) is 2. The minimum absolute atomic E-state index is 0.000891. The second kappa shape index (κ2) is 7.38. The SMILES string of the molecule is CC(C)NC(=O)NC(C(=O)N1CCc2ccccc21)c1ccccc1. The number of benzene rings is 2. The quantitative estimate of drug-likeness (QED) is 0.901. The number of hydrogen-bond donors (Lipinski definition) is 2. The molecule has 1 atom stereocenters. The first-order chi connectivity index (χ1) is 12.1. The summed E-state index contributed by atoms with van der Waals surface area (Å²) in [6, 6.07) is 16.2. The second-order valence-electron chi connectivity index (χ2n) is 6.48. The van der Waals surface area contributed by atoms with Crippen LogP contribution in [0.1, 0.15) is 31.0 Å². The molecule has 1 aliphatic heterocycles. The number of fused-ring (bicyclic) bond motifs is 1. The normalized spacial score (nSPS) is 14.1. The van der Waals surface area contributed by atoms with Crippen LogP contribution in [0.25, 0.3) is 0 Å². The molecule has 2 aromatic rings. The molecule has 3 rings (SSSR count). The lowest BCUT2D eigenvalue weighted by Gasteiger charge is -2.25. The van der Waals surface area contributed by atoms with Crippen molar-refractivity contribution in [3.63, 3.8) is 0 Å². The van der Waals surface area contributed by atoms with E-state index in [4.69, 9.17) is 0 Å². The van der Waals surface area contributed by atoms with Crippen LogP contribution in [0, 0.1) is 0 Å². The van der Waals surface area contributed by atoms with E-state index < -0.39 is 6.04 Å². The Balaban J connectivity index is 1.87. The Hall–Kier alpha value is -2.82. The van der Waals surface area contributed by atoms with E-state index in [1.54, 1.807) is 4.90 Å². The second-order valence-corrected chi connectivity index (χ2v) is 6.48. The molecule has 0 aliphatic carbocycles. The lowest BCUT2D eigenvalue weighted by atomic mass is 10.1. The average molecular weight is 337 g/mol. The summed E-state index contributed by atoms with van der Waals surface area (Å²) in [5, 5.41) is 5.62. The van der Waals surface area contributed by atoms with Gasteiger partial charge in [0, 0.05) is 18.3 Å². The van der Waals surface area contributed by atoms with Crippen molar-refractivity contribution < 1.29 is 9.59 Å². The summed E-state index contributed by atoms with van der Waals surface area (Å²) < 4.78 is 0. The zero-order valence-corrected chi connectivity index (χ0v) is 14.5. The van der Waals surface area contributed by atoms with Crippen molar-refractivity contribution in [2.75, 3.05) is 11.4 Å². The van der Waals surface area contributed by atoms with E-state index in [9.17, 15) is 9.59 Å². The molecule has 0 bridgehead atoms. The molecule has 1 heterocycles. The highest BCUT2D eigenvalue weighted by atomic mass is 16.2. The predicted molar refractivity (Wildman–Crippen MR) is 98.5 cm³/mol. The Morgan fingerprint density at radius 2 is 1.64 bits per heavy atom. The lowest BCUT2D eigenvalue weighted by Crippen LogP contribution is -2.47. The standard InChI is InChI=1S/C20H23N3O2/c1-14(2)21-20(25)22-18(16-9-4-3-5-10-16)19(24)23-13-12-15-8-6-7-11-17(15)23/h3-11,14,18H,12-13H2,1-2H3,(H2,21,22,25). The van der Waals surface area contributed by atoms with Gasteiger partial charge < -0.3 is 15.5 Å². The molecular weight excluding hydrogens is 314 g/mol. The van der Waals surface area contributed by atoms with Crippen LogP contribution in [0.2, 0.25) is 0 Å². The molecule has 2 N–H and O–H groups in total. The van der Waals surface area contributed by atoms with Gasteiger partial charge in [-0.05, 0) is 37.5 Å². The van der Waals surface area contributed by atoms with E-state index in [2.05, 4.69) is 10.6 Å². The van der Waals surface area contributed by atoms with Crippen LogP contribution in [0.4, 0.5) is 10.5 Å². The van der Waals surface area contributed by atoms with Gasteiger partial charge in [0.2, 0.25) is 0 Å².